The summed E-state index contributed by atoms with van der Waals surface area (Å²) in [6.07, 6.45) is 0. The van der Waals surface area contributed by atoms with E-state index in [9.17, 15) is 0 Å². The summed E-state index contributed by atoms with van der Waals surface area (Å²) in [4.78, 5) is 0. The van der Waals surface area contributed by atoms with E-state index in [1.807, 2.05) is 12.1 Å². The highest BCUT2D eigenvalue weighted by Crippen LogP contribution is 2.57. The van der Waals surface area contributed by atoms with E-state index in [0.29, 0.717) is 13.2 Å². The van der Waals surface area contributed by atoms with Crippen LogP contribution in [0.1, 0.15) is 22.3 Å². The van der Waals surface area contributed by atoms with E-state index in [2.05, 4.69) is 117 Å². The lowest BCUT2D eigenvalue weighted by atomic mass is 10.1. The molecule has 2 nitrogen and oxygen atoms in total. The van der Waals surface area contributed by atoms with Crippen molar-refractivity contribution in [1.29, 1.82) is 0 Å². The van der Waals surface area contributed by atoms with Gasteiger partial charge in [0.15, 0.2) is 0 Å². The van der Waals surface area contributed by atoms with E-state index >= 15 is 0 Å². The SMILES string of the molecule is Cc1cc2c(cc1OCc1ccccc1)c1cc(OCc3ccccc3)c(C)cc1p2-c1ccccc1. The zero-order chi connectivity index (χ0) is 25.2. The summed E-state index contributed by atoms with van der Waals surface area (Å²) in [5, 5.41) is 6.65. The lowest BCUT2D eigenvalue weighted by molar-refractivity contribution is 0.304. The molecule has 0 amide bonds. The molecule has 1 aromatic heterocycles. The van der Waals surface area contributed by atoms with Crippen LogP contribution >= 0.6 is 7.53 Å². The van der Waals surface area contributed by atoms with Crippen LogP contribution in [0.25, 0.3) is 26.3 Å². The second-order valence-corrected chi connectivity index (χ2v) is 11.6. The monoisotopic (exact) mass is 500 g/mol. The summed E-state index contributed by atoms with van der Waals surface area (Å²) in [5.41, 5.74) is 4.68. The Bertz CT molecular complexity index is 1560. The molecule has 0 unspecified atom stereocenters. The number of hydrogen-bond acceptors (Lipinski definition) is 2. The molecular formula is C34H29O2P. The van der Waals surface area contributed by atoms with Gasteiger partial charge in [0, 0.05) is 10.2 Å². The maximum absolute atomic E-state index is 6.34. The minimum atomic E-state index is -0.646. The first-order valence-corrected chi connectivity index (χ1v) is 14.0. The van der Waals surface area contributed by atoms with E-state index < -0.39 is 7.53 Å². The van der Waals surface area contributed by atoms with Gasteiger partial charge < -0.3 is 9.47 Å². The summed E-state index contributed by atoms with van der Waals surface area (Å²) >= 11 is 0. The first-order valence-electron chi connectivity index (χ1n) is 12.7. The van der Waals surface area contributed by atoms with Crippen LogP contribution in [0, 0.1) is 13.8 Å². The average molecular weight is 501 g/mol. The summed E-state index contributed by atoms with van der Waals surface area (Å²) in [5.74, 6) is 1.87. The lowest BCUT2D eigenvalue weighted by Crippen LogP contribution is -1.97. The highest BCUT2D eigenvalue weighted by molar-refractivity contribution is 7.67. The minimum absolute atomic E-state index is 0.556. The van der Waals surface area contributed by atoms with Gasteiger partial charge in [0.1, 0.15) is 24.7 Å². The molecule has 0 aliphatic rings. The van der Waals surface area contributed by atoms with E-state index in [1.54, 1.807) is 0 Å². The molecule has 182 valence electrons. The van der Waals surface area contributed by atoms with Crippen molar-refractivity contribution in [3.63, 3.8) is 0 Å². The first-order chi connectivity index (χ1) is 18.2. The second kappa shape index (κ2) is 10.2. The molecule has 6 aromatic rings. The summed E-state index contributed by atoms with van der Waals surface area (Å²) in [6, 6.07) is 40.8. The first kappa shape index (κ1) is 23.4. The number of aryl methyl sites for hydroxylation is 2. The van der Waals surface area contributed by atoms with Gasteiger partial charge in [-0.1, -0.05) is 98.5 Å². The summed E-state index contributed by atoms with van der Waals surface area (Å²) in [6.45, 7) is 5.42. The van der Waals surface area contributed by atoms with Gasteiger partial charge in [0.2, 0.25) is 0 Å². The lowest BCUT2D eigenvalue weighted by Gasteiger charge is -2.11. The Hall–Kier alpha value is -4.00. The molecule has 0 atom stereocenters. The van der Waals surface area contributed by atoms with Crippen molar-refractivity contribution in [1.82, 2.24) is 0 Å². The van der Waals surface area contributed by atoms with Crippen molar-refractivity contribution in [3.05, 3.63) is 138 Å². The molecular weight excluding hydrogens is 471 g/mol. The van der Waals surface area contributed by atoms with Crippen LogP contribution in [0.3, 0.4) is 0 Å². The van der Waals surface area contributed by atoms with Crippen LogP contribution in [0.4, 0.5) is 0 Å². The normalized spacial score (nSPS) is 11.2. The standard InChI is InChI=1S/C34H29O2P/c1-24-18-33-29(20-31(24)35-22-26-12-6-3-7-13-26)30-21-32(36-23-27-14-8-4-9-15-27)25(2)19-34(30)37(33)28-16-10-5-11-17-28/h3-21H,22-23H2,1-2H3. The van der Waals surface area contributed by atoms with Crippen molar-refractivity contribution in [2.45, 2.75) is 27.1 Å². The third kappa shape index (κ3) is 4.73. The molecule has 0 fully saturated rings. The highest BCUT2D eigenvalue weighted by atomic mass is 31.1. The molecule has 0 bridgehead atoms. The Balaban J connectivity index is 1.48. The van der Waals surface area contributed by atoms with E-state index in [1.165, 1.54) is 48.6 Å². The average Bonchev–Trinajstić information content (AvgIpc) is 3.23. The molecule has 37 heavy (non-hydrogen) atoms. The second-order valence-electron chi connectivity index (χ2n) is 9.49. The molecule has 0 aliphatic heterocycles. The van der Waals surface area contributed by atoms with Crippen LogP contribution in [0.15, 0.2) is 115 Å². The molecule has 0 spiro atoms. The Morgan fingerprint density at radius 3 is 1.35 bits per heavy atom. The maximum Gasteiger partial charge on any atom is 0.123 e. The third-order valence-electron chi connectivity index (χ3n) is 6.85. The number of benzene rings is 5. The molecule has 0 saturated carbocycles. The number of ether oxygens (including phenoxy) is 2. The Morgan fingerprint density at radius 2 is 0.919 bits per heavy atom. The van der Waals surface area contributed by atoms with Crippen LogP contribution in [-0.2, 0) is 13.2 Å². The van der Waals surface area contributed by atoms with Gasteiger partial charge >= 0.3 is 0 Å². The van der Waals surface area contributed by atoms with Crippen molar-refractivity contribution >= 4 is 28.5 Å². The molecule has 0 aliphatic carbocycles. The number of fused-ring (bicyclic) bond motifs is 3. The Kier molecular flexibility index (Phi) is 6.43. The van der Waals surface area contributed by atoms with Crippen LogP contribution in [0.5, 0.6) is 11.5 Å². The predicted molar refractivity (Wildman–Crippen MR) is 157 cm³/mol. The fourth-order valence-electron chi connectivity index (χ4n) is 4.91. The Labute approximate surface area is 219 Å². The van der Waals surface area contributed by atoms with Crippen molar-refractivity contribution < 1.29 is 9.47 Å². The topological polar surface area (TPSA) is 18.5 Å². The number of rotatable bonds is 7. The number of hydrogen-bond donors (Lipinski definition) is 0. The van der Waals surface area contributed by atoms with Gasteiger partial charge in [-0.3, -0.25) is 0 Å². The summed E-state index contributed by atoms with van der Waals surface area (Å²) < 4.78 is 12.7. The summed E-state index contributed by atoms with van der Waals surface area (Å²) in [7, 11) is -0.646. The van der Waals surface area contributed by atoms with Gasteiger partial charge in [0.05, 0.1) is 0 Å². The molecule has 0 radical (unpaired) electrons. The predicted octanol–water partition coefficient (Wildman–Crippen LogP) is 9.74. The minimum Gasteiger partial charge on any atom is -0.489 e. The quantitative estimate of drug-likeness (QED) is 0.217. The van der Waals surface area contributed by atoms with Gasteiger partial charge in [-0.25, -0.2) is 0 Å². The van der Waals surface area contributed by atoms with E-state index in [-0.39, 0.29) is 0 Å². The molecule has 0 saturated heterocycles. The Morgan fingerprint density at radius 1 is 0.514 bits per heavy atom. The van der Waals surface area contributed by atoms with Gasteiger partial charge in [0.25, 0.3) is 0 Å². The third-order valence-corrected chi connectivity index (χ3v) is 9.37. The zero-order valence-electron chi connectivity index (χ0n) is 21.1. The fourth-order valence-corrected chi connectivity index (χ4v) is 7.70. The largest absolute Gasteiger partial charge is 0.489 e. The van der Waals surface area contributed by atoms with Gasteiger partial charge in [-0.05, 0) is 76.4 Å². The van der Waals surface area contributed by atoms with E-state index in [4.69, 9.17) is 9.47 Å². The zero-order valence-corrected chi connectivity index (χ0v) is 22.0. The molecule has 1 heterocycles. The highest BCUT2D eigenvalue weighted by Gasteiger charge is 2.18. The molecule has 0 N–H and O–H groups in total. The van der Waals surface area contributed by atoms with Crippen LogP contribution in [-0.4, -0.2) is 0 Å². The van der Waals surface area contributed by atoms with Gasteiger partial charge in [-0.15, -0.1) is 0 Å². The van der Waals surface area contributed by atoms with Crippen molar-refractivity contribution in [2.24, 2.45) is 0 Å². The van der Waals surface area contributed by atoms with Crippen molar-refractivity contribution in [2.75, 3.05) is 0 Å². The molecule has 5 aromatic carbocycles. The maximum atomic E-state index is 6.34. The fraction of sp³-hybridized carbons (Fsp3) is 0.118. The van der Waals surface area contributed by atoms with Gasteiger partial charge in [-0.2, -0.15) is 0 Å². The van der Waals surface area contributed by atoms with E-state index in [0.717, 1.165) is 11.5 Å². The molecule has 6 rings (SSSR count). The van der Waals surface area contributed by atoms with Crippen molar-refractivity contribution in [3.8, 4) is 16.8 Å². The molecule has 3 heteroatoms. The van der Waals surface area contributed by atoms with Crippen LogP contribution in [0.2, 0.25) is 0 Å². The van der Waals surface area contributed by atoms with Crippen LogP contribution < -0.4 is 9.47 Å². The smallest absolute Gasteiger partial charge is 0.123 e.